The molecule has 0 aliphatic heterocycles. The summed E-state index contributed by atoms with van der Waals surface area (Å²) in [5.74, 6) is 0.589. The second-order valence-corrected chi connectivity index (χ2v) is 7.65. The molecule has 0 radical (unpaired) electrons. The molecule has 158 valence electrons. The minimum atomic E-state index is -2.54. The zero-order valence-corrected chi connectivity index (χ0v) is 16.9. The van der Waals surface area contributed by atoms with Crippen LogP contribution in [0.1, 0.15) is 46.5 Å². The van der Waals surface area contributed by atoms with E-state index in [1.54, 1.807) is 4.90 Å². The highest BCUT2D eigenvalue weighted by Crippen LogP contribution is 2.34. The van der Waals surface area contributed by atoms with Gasteiger partial charge in [0.25, 0.3) is 6.43 Å². The number of anilines is 1. The summed E-state index contributed by atoms with van der Waals surface area (Å²) in [6.45, 7) is 5.59. The number of alkyl halides is 2. The predicted octanol–water partition coefficient (Wildman–Crippen LogP) is 4.03. The van der Waals surface area contributed by atoms with Crippen LogP contribution in [0.3, 0.4) is 0 Å². The third-order valence-corrected chi connectivity index (χ3v) is 4.98. The number of halogens is 2. The van der Waals surface area contributed by atoms with Gasteiger partial charge >= 0.3 is 0 Å². The zero-order valence-electron chi connectivity index (χ0n) is 16.9. The number of benzene rings is 1. The van der Waals surface area contributed by atoms with E-state index in [1.165, 1.54) is 0 Å². The zero-order chi connectivity index (χ0) is 20.7. The summed E-state index contributed by atoms with van der Waals surface area (Å²) in [4.78, 5) is 14.7. The summed E-state index contributed by atoms with van der Waals surface area (Å²) in [6.07, 6.45) is -0.703. The molecule has 1 amide bonds. The largest absolute Gasteiger partial charge is 0.491 e. The van der Waals surface area contributed by atoms with Crippen molar-refractivity contribution >= 4 is 11.6 Å². The Bertz CT molecular complexity index is 613. The Morgan fingerprint density at radius 1 is 1.25 bits per heavy atom. The lowest BCUT2D eigenvalue weighted by molar-refractivity contribution is -0.128. The van der Waals surface area contributed by atoms with Gasteiger partial charge in [0.1, 0.15) is 12.4 Å². The topological polar surface area (TPSA) is 59.0 Å². The fourth-order valence-corrected chi connectivity index (χ4v) is 3.55. The molecule has 1 aromatic rings. The van der Waals surface area contributed by atoms with E-state index in [4.69, 9.17) is 9.47 Å². The Kier molecular flexibility index (Phi) is 8.19. The summed E-state index contributed by atoms with van der Waals surface area (Å²) >= 11 is 0. The van der Waals surface area contributed by atoms with Crippen molar-refractivity contribution in [3.05, 3.63) is 24.3 Å². The molecule has 0 atom stereocenters. The van der Waals surface area contributed by atoms with Gasteiger partial charge in [-0.25, -0.2) is 8.78 Å². The number of carbonyl (C=O) groups excluding carboxylic acids is 1. The van der Waals surface area contributed by atoms with Crippen molar-refractivity contribution < 1.29 is 28.2 Å². The van der Waals surface area contributed by atoms with Crippen LogP contribution in [0.2, 0.25) is 0 Å². The van der Waals surface area contributed by atoms with Gasteiger partial charge in [-0.05, 0) is 70.7 Å². The molecule has 0 spiro atoms. The number of hydrogen-bond acceptors (Lipinski definition) is 4. The molecule has 1 saturated carbocycles. The number of aliphatic hydroxyl groups is 1. The molecule has 0 unspecified atom stereocenters. The third-order valence-electron chi connectivity index (χ3n) is 4.98. The minimum Gasteiger partial charge on any atom is -0.491 e. The van der Waals surface area contributed by atoms with E-state index in [0.717, 1.165) is 11.4 Å². The monoisotopic (exact) mass is 399 g/mol. The summed E-state index contributed by atoms with van der Waals surface area (Å²) < 4.78 is 34.9. The third kappa shape index (κ3) is 6.41. The minimum absolute atomic E-state index is 0.0237. The normalized spacial score (nSPS) is 22.5. The second-order valence-electron chi connectivity index (χ2n) is 7.65. The van der Waals surface area contributed by atoms with Gasteiger partial charge in [-0.15, -0.1) is 0 Å². The van der Waals surface area contributed by atoms with E-state index >= 15 is 0 Å². The van der Waals surface area contributed by atoms with Gasteiger partial charge in [0, 0.05) is 18.2 Å². The van der Waals surface area contributed by atoms with Gasteiger partial charge < -0.3 is 19.5 Å². The van der Waals surface area contributed by atoms with Gasteiger partial charge in [0.05, 0.1) is 18.3 Å². The molecular weight excluding hydrogens is 368 g/mol. The van der Waals surface area contributed by atoms with E-state index in [0.29, 0.717) is 32.2 Å². The van der Waals surface area contributed by atoms with Gasteiger partial charge in [-0.2, -0.15) is 0 Å². The first-order chi connectivity index (χ1) is 13.2. The van der Waals surface area contributed by atoms with Crippen molar-refractivity contribution in [2.75, 3.05) is 24.7 Å². The first-order valence-corrected chi connectivity index (χ1v) is 9.90. The molecule has 1 N–H and O–H groups in total. The average molecular weight is 399 g/mol. The smallest absolute Gasteiger partial charge is 0.261 e. The van der Waals surface area contributed by atoms with Crippen LogP contribution in [0.5, 0.6) is 5.75 Å². The highest BCUT2D eigenvalue weighted by atomic mass is 19.3. The van der Waals surface area contributed by atoms with Crippen LogP contribution < -0.4 is 9.64 Å². The summed E-state index contributed by atoms with van der Waals surface area (Å²) in [5, 5.41) is 10.5. The van der Waals surface area contributed by atoms with Crippen LogP contribution in [-0.2, 0) is 9.53 Å². The number of carbonyl (C=O) groups is 1. The maximum absolute atomic E-state index is 13.0. The Morgan fingerprint density at radius 2 is 1.86 bits per heavy atom. The van der Waals surface area contributed by atoms with Gasteiger partial charge in [-0.3, -0.25) is 4.79 Å². The van der Waals surface area contributed by atoms with Gasteiger partial charge in [0.2, 0.25) is 5.91 Å². The standard InChI is InChI=1S/C21H31F2NO4/c1-4-24(17-5-7-18(8-6-17)28-15(2)3)20(25)16-9-11-21(26,12-10-16)14-27-13-19(22)23/h5-8,15-16,19,26H,4,9-14H2,1-3H3. The summed E-state index contributed by atoms with van der Waals surface area (Å²) in [5.41, 5.74) is -0.317. The molecule has 7 heteroatoms. The second kappa shape index (κ2) is 10.2. The van der Waals surface area contributed by atoms with Gasteiger partial charge in [0.15, 0.2) is 0 Å². The number of amides is 1. The van der Waals surface area contributed by atoms with Crippen LogP contribution in [-0.4, -0.2) is 48.9 Å². The van der Waals surface area contributed by atoms with E-state index in [2.05, 4.69) is 0 Å². The molecule has 2 rings (SSSR count). The highest BCUT2D eigenvalue weighted by molar-refractivity contribution is 5.95. The van der Waals surface area contributed by atoms with Crippen LogP contribution in [0.4, 0.5) is 14.5 Å². The lowest BCUT2D eigenvalue weighted by Gasteiger charge is -2.37. The lowest BCUT2D eigenvalue weighted by atomic mass is 9.78. The van der Waals surface area contributed by atoms with Crippen molar-refractivity contribution in [2.45, 2.75) is 64.6 Å². The van der Waals surface area contributed by atoms with Crippen LogP contribution in [0, 0.1) is 5.92 Å². The molecular formula is C21H31F2NO4. The molecule has 1 fully saturated rings. The van der Waals surface area contributed by atoms with Crippen molar-refractivity contribution in [1.82, 2.24) is 0 Å². The van der Waals surface area contributed by atoms with Crippen LogP contribution in [0.25, 0.3) is 0 Å². The molecule has 0 bridgehead atoms. The summed E-state index contributed by atoms with van der Waals surface area (Å²) in [6, 6.07) is 7.45. The molecule has 1 aliphatic carbocycles. The molecule has 1 aromatic carbocycles. The predicted molar refractivity (Wildman–Crippen MR) is 104 cm³/mol. The quantitative estimate of drug-likeness (QED) is 0.681. The lowest BCUT2D eigenvalue weighted by Crippen LogP contribution is -2.44. The van der Waals surface area contributed by atoms with Crippen molar-refractivity contribution in [3.8, 4) is 5.75 Å². The SMILES string of the molecule is CCN(C(=O)C1CCC(O)(COCC(F)F)CC1)c1ccc(OC(C)C)cc1. The Hall–Kier alpha value is -1.73. The average Bonchev–Trinajstić information content (AvgIpc) is 2.63. The Morgan fingerprint density at radius 3 is 2.36 bits per heavy atom. The maximum atomic E-state index is 13.0. The fraction of sp³-hybridized carbons (Fsp3) is 0.667. The van der Waals surface area contributed by atoms with E-state index in [-0.39, 0.29) is 24.5 Å². The van der Waals surface area contributed by atoms with Crippen molar-refractivity contribution in [2.24, 2.45) is 5.92 Å². The number of ether oxygens (including phenoxy) is 2. The van der Waals surface area contributed by atoms with Crippen molar-refractivity contribution in [3.63, 3.8) is 0 Å². The Labute approximate surface area is 165 Å². The highest BCUT2D eigenvalue weighted by Gasteiger charge is 2.37. The van der Waals surface area contributed by atoms with Crippen LogP contribution >= 0.6 is 0 Å². The molecule has 0 aromatic heterocycles. The van der Waals surface area contributed by atoms with E-state index < -0.39 is 18.6 Å². The van der Waals surface area contributed by atoms with Gasteiger partial charge in [-0.1, -0.05) is 0 Å². The van der Waals surface area contributed by atoms with Crippen LogP contribution in [0.15, 0.2) is 24.3 Å². The van der Waals surface area contributed by atoms with E-state index in [9.17, 15) is 18.7 Å². The number of hydrogen-bond donors (Lipinski definition) is 1. The fourth-order valence-electron chi connectivity index (χ4n) is 3.55. The molecule has 28 heavy (non-hydrogen) atoms. The number of rotatable bonds is 9. The molecule has 5 nitrogen and oxygen atoms in total. The first-order valence-electron chi connectivity index (χ1n) is 9.90. The van der Waals surface area contributed by atoms with E-state index in [1.807, 2.05) is 45.0 Å². The summed E-state index contributed by atoms with van der Waals surface area (Å²) in [7, 11) is 0. The first kappa shape index (κ1) is 22.6. The molecule has 0 saturated heterocycles. The molecule has 0 heterocycles. The molecule has 1 aliphatic rings. The maximum Gasteiger partial charge on any atom is 0.261 e. The van der Waals surface area contributed by atoms with Crippen molar-refractivity contribution in [1.29, 1.82) is 0 Å². The number of nitrogens with zero attached hydrogens (tertiary/aromatic N) is 1. The Balaban J connectivity index is 1.93.